The largest absolute Gasteiger partial charge is 0.309 e. The van der Waals surface area contributed by atoms with E-state index < -0.39 is 5.41 Å². The number of aromatic nitrogens is 1. The quantitative estimate of drug-likeness (QED) is 0.161. The first-order valence-corrected chi connectivity index (χ1v) is 26.4. The van der Waals surface area contributed by atoms with Crippen molar-refractivity contribution in [2.24, 2.45) is 0 Å². The molecular formula is C71H44N2S. The van der Waals surface area contributed by atoms with Gasteiger partial charge in [-0.25, -0.2) is 0 Å². The topological polar surface area (TPSA) is 8.17 Å². The number of para-hydroxylation sites is 4. The summed E-state index contributed by atoms with van der Waals surface area (Å²) in [5.74, 6) is 0. The van der Waals surface area contributed by atoms with Crippen molar-refractivity contribution in [2.75, 3.05) is 4.90 Å². The van der Waals surface area contributed by atoms with E-state index in [2.05, 4.69) is 276 Å². The second-order valence-corrected chi connectivity index (χ2v) is 20.9. The van der Waals surface area contributed by atoms with Gasteiger partial charge in [0, 0.05) is 47.8 Å². The average Bonchev–Trinajstić information content (AvgIpc) is 4.14. The molecule has 0 saturated heterocycles. The Labute approximate surface area is 432 Å². The first kappa shape index (κ1) is 41.3. The van der Waals surface area contributed by atoms with E-state index in [9.17, 15) is 0 Å². The number of fused-ring (bicyclic) bond motifs is 16. The van der Waals surface area contributed by atoms with Gasteiger partial charge in [0.15, 0.2) is 0 Å². The van der Waals surface area contributed by atoms with Gasteiger partial charge in [0.1, 0.15) is 0 Å². The van der Waals surface area contributed by atoms with E-state index in [1.54, 1.807) is 0 Å². The number of nitrogens with zero attached hydrogens (tertiary/aromatic N) is 2. The van der Waals surface area contributed by atoms with Crippen molar-refractivity contribution in [3.63, 3.8) is 0 Å². The lowest BCUT2D eigenvalue weighted by molar-refractivity contribution is 0.748. The van der Waals surface area contributed by atoms with Crippen molar-refractivity contribution in [1.82, 2.24) is 4.57 Å². The second kappa shape index (κ2) is 15.9. The van der Waals surface area contributed by atoms with Gasteiger partial charge < -0.3 is 9.47 Å². The van der Waals surface area contributed by atoms with E-state index in [0.29, 0.717) is 0 Å². The van der Waals surface area contributed by atoms with Crippen LogP contribution < -0.4 is 4.90 Å². The van der Waals surface area contributed by atoms with E-state index in [-0.39, 0.29) is 0 Å². The molecular weight excluding hydrogens is 913 g/mol. The third-order valence-corrected chi connectivity index (χ3v) is 17.4. The molecule has 12 aromatic carbocycles. The Morgan fingerprint density at radius 3 is 1.78 bits per heavy atom. The molecule has 1 atom stereocenters. The maximum Gasteiger partial charge on any atom is 0.0755 e. The first-order chi connectivity index (χ1) is 36.7. The lowest BCUT2D eigenvalue weighted by atomic mass is 9.65. The minimum absolute atomic E-state index is 0.594. The lowest BCUT2D eigenvalue weighted by Gasteiger charge is -2.39. The molecule has 0 radical (unpaired) electrons. The van der Waals surface area contributed by atoms with Crippen molar-refractivity contribution < 1.29 is 0 Å². The highest BCUT2D eigenvalue weighted by atomic mass is 32.1. The van der Waals surface area contributed by atoms with Gasteiger partial charge in [0.05, 0.1) is 33.5 Å². The van der Waals surface area contributed by atoms with Crippen LogP contribution in [0.5, 0.6) is 0 Å². The highest BCUT2D eigenvalue weighted by Gasteiger charge is 2.51. The normalized spacial score (nSPS) is 14.3. The summed E-state index contributed by atoms with van der Waals surface area (Å²) < 4.78 is 5.16. The standard InChI is InChI=1S/C71H44N2S/c1-2-20-49-46(18-1)19-15-27-50(49)51-21-3-4-22-52(51)53-23-6-11-33-63(53)72(48-41-38-45(39-42-48)47-40-43-68-58(44-47)55-25-8-14-37-67(55)74-68)66-36-17-31-61-69(66)57-26-5-9-29-59(57)71(61)60-30-10-13-35-65(60)73-64-34-12-7-24-54(64)56-28-16-32-62(71)70(56)73/h1-44H. The third kappa shape index (κ3) is 5.70. The number of benzene rings is 12. The van der Waals surface area contributed by atoms with Gasteiger partial charge in [0.2, 0.25) is 0 Å². The molecule has 0 fully saturated rings. The van der Waals surface area contributed by atoms with Crippen molar-refractivity contribution in [1.29, 1.82) is 0 Å². The molecule has 2 aliphatic rings. The Morgan fingerprint density at radius 2 is 0.905 bits per heavy atom. The van der Waals surface area contributed by atoms with E-state index in [1.165, 1.54) is 120 Å². The smallest absolute Gasteiger partial charge is 0.0755 e. The van der Waals surface area contributed by atoms with Crippen LogP contribution in [0, 0.1) is 0 Å². The molecule has 14 aromatic rings. The molecule has 1 unspecified atom stereocenters. The Kier molecular flexibility index (Phi) is 8.86. The fraction of sp³-hybridized carbons (Fsp3) is 0.0141. The van der Waals surface area contributed by atoms with E-state index in [1.807, 2.05) is 11.3 Å². The summed E-state index contributed by atoms with van der Waals surface area (Å²) in [6, 6.07) is 99.9. The van der Waals surface area contributed by atoms with Crippen LogP contribution in [0.4, 0.5) is 17.1 Å². The van der Waals surface area contributed by atoms with Crippen molar-refractivity contribution in [3.05, 3.63) is 289 Å². The van der Waals surface area contributed by atoms with Crippen LogP contribution in [-0.4, -0.2) is 4.57 Å². The predicted octanol–water partition coefficient (Wildman–Crippen LogP) is 19.5. The van der Waals surface area contributed by atoms with Crippen LogP contribution in [0.25, 0.3) is 103 Å². The SMILES string of the molecule is c1ccc(-c2cccc3ccccc23)c(-c2ccccc2N(c2ccc(-c3ccc4sc5ccccc5c4c3)cc2)c2cccc3c2-c2ccccc2C32c3ccccc3-n3c4ccccc4c4cccc2c43)c1. The first-order valence-electron chi connectivity index (χ1n) is 25.6. The fourth-order valence-electron chi connectivity index (χ4n) is 13.2. The highest BCUT2D eigenvalue weighted by molar-refractivity contribution is 7.25. The van der Waals surface area contributed by atoms with Gasteiger partial charge in [-0.2, -0.15) is 0 Å². The van der Waals surface area contributed by atoms with Gasteiger partial charge >= 0.3 is 0 Å². The van der Waals surface area contributed by atoms with Crippen molar-refractivity contribution in [2.45, 2.75) is 5.41 Å². The van der Waals surface area contributed by atoms with Crippen LogP contribution in [0.15, 0.2) is 267 Å². The maximum absolute atomic E-state index is 2.55. The zero-order chi connectivity index (χ0) is 48.5. The van der Waals surface area contributed by atoms with E-state index >= 15 is 0 Å². The summed E-state index contributed by atoms with van der Waals surface area (Å²) in [6.45, 7) is 0. The molecule has 2 aromatic heterocycles. The molecule has 0 saturated carbocycles. The van der Waals surface area contributed by atoms with Crippen molar-refractivity contribution in [3.8, 4) is 50.2 Å². The summed E-state index contributed by atoms with van der Waals surface area (Å²) in [5.41, 5.74) is 21.3. The number of hydrogen-bond acceptors (Lipinski definition) is 2. The van der Waals surface area contributed by atoms with E-state index in [4.69, 9.17) is 0 Å². The Bertz CT molecular complexity index is 4620. The minimum Gasteiger partial charge on any atom is -0.309 e. The molecule has 1 spiro atoms. The molecule has 1 aliphatic carbocycles. The van der Waals surface area contributed by atoms with Gasteiger partial charge in [-0.05, 0) is 121 Å². The number of hydrogen-bond donors (Lipinski definition) is 0. The summed E-state index contributed by atoms with van der Waals surface area (Å²) >= 11 is 1.86. The van der Waals surface area contributed by atoms with E-state index in [0.717, 1.165) is 22.6 Å². The van der Waals surface area contributed by atoms with Gasteiger partial charge in [-0.3, -0.25) is 0 Å². The molecule has 0 N–H and O–H groups in total. The summed E-state index contributed by atoms with van der Waals surface area (Å²) in [5, 5.41) is 7.64. The Morgan fingerprint density at radius 1 is 0.338 bits per heavy atom. The van der Waals surface area contributed by atoms with Crippen LogP contribution in [0.1, 0.15) is 22.3 Å². The van der Waals surface area contributed by atoms with Gasteiger partial charge in [0.25, 0.3) is 0 Å². The van der Waals surface area contributed by atoms with Crippen LogP contribution in [0.3, 0.4) is 0 Å². The minimum atomic E-state index is -0.594. The maximum atomic E-state index is 2.55. The third-order valence-electron chi connectivity index (χ3n) is 16.2. The number of rotatable bonds is 6. The molecule has 1 aliphatic heterocycles. The number of thiophene rings is 1. The van der Waals surface area contributed by atoms with Gasteiger partial charge in [-0.1, -0.05) is 212 Å². The zero-order valence-electron chi connectivity index (χ0n) is 40.2. The fourth-order valence-corrected chi connectivity index (χ4v) is 14.3. The van der Waals surface area contributed by atoms with Crippen LogP contribution in [0.2, 0.25) is 0 Å². The van der Waals surface area contributed by atoms with Gasteiger partial charge in [-0.15, -0.1) is 11.3 Å². The summed E-state index contributed by atoms with van der Waals surface area (Å²) in [7, 11) is 0. The molecule has 74 heavy (non-hydrogen) atoms. The Balaban J connectivity index is 0.963. The Hall–Kier alpha value is -9.28. The monoisotopic (exact) mass is 956 g/mol. The molecule has 2 nitrogen and oxygen atoms in total. The molecule has 3 heterocycles. The zero-order valence-corrected chi connectivity index (χ0v) is 41.0. The van der Waals surface area contributed by atoms with Crippen molar-refractivity contribution >= 4 is 81.1 Å². The lowest BCUT2D eigenvalue weighted by Crippen LogP contribution is -2.33. The molecule has 344 valence electrons. The molecule has 3 heteroatoms. The van der Waals surface area contributed by atoms with Crippen LogP contribution >= 0.6 is 11.3 Å². The van der Waals surface area contributed by atoms with Crippen LogP contribution in [-0.2, 0) is 5.41 Å². The summed E-state index contributed by atoms with van der Waals surface area (Å²) in [6.07, 6.45) is 0. The molecule has 0 amide bonds. The number of anilines is 3. The average molecular weight is 957 g/mol. The second-order valence-electron chi connectivity index (χ2n) is 19.8. The molecule has 16 rings (SSSR count). The summed E-state index contributed by atoms with van der Waals surface area (Å²) in [4.78, 5) is 2.55. The predicted molar refractivity (Wildman–Crippen MR) is 313 cm³/mol. The molecule has 0 bridgehead atoms. The highest BCUT2D eigenvalue weighted by Crippen LogP contribution is 2.63.